The predicted octanol–water partition coefficient (Wildman–Crippen LogP) is 3.11. The number of amides is 1. The van der Waals surface area contributed by atoms with Crippen LogP contribution in [0.25, 0.3) is 5.57 Å². The highest BCUT2D eigenvalue weighted by Gasteiger charge is 2.24. The molecule has 0 fully saturated rings. The number of thiocarbonyl (C=S) groups is 1. The fraction of sp³-hybridized carbons (Fsp3) is 0.312. The zero-order valence-corrected chi connectivity index (χ0v) is 12.6. The third-order valence-corrected chi connectivity index (χ3v) is 3.58. The van der Waals surface area contributed by atoms with Gasteiger partial charge < -0.3 is 5.32 Å². The number of benzene rings is 1. The SMILES string of the molecule is CC(C)(C)c1ccc(C2=C(C#N)C(=O)NC(=S)C2)cc1. The van der Waals surface area contributed by atoms with Gasteiger partial charge in [-0.1, -0.05) is 57.3 Å². The molecule has 4 heteroatoms. The molecule has 0 saturated carbocycles. The number of nitrogens with one attached hydrogen (secondary N) is 1. The number of rotatable bonds is 1. The molecule has 1 aliphatic heterocycles. The van der Waals surface area contributed by atoms with Gasteiger partial charge >= 0.3 is 0 Å². The number of hydrogen-bond donors (Lipinski definition) is 1. The summed E-state index contributed by atoms with van der Waals surface area (Å²) in [6.45, 7) is 6.43. The van der Waals surface area contributed by atoms with Gasteiger partial charge in [-0.2, -0.15) is 5.26 Å². The summed E-state index contributed by atoms with van der Waals surface area (Å²) < 4.78 is 0. The van der Waals surface area contributed by atoms with Gasteiger partial charge in [0.2, 0.25) is 0 Å². The first-order valence-electron chi connectivity index (χ1n) is 6.41. The molecule has 1 aliphatic rings. The maximum Gasteiger partial charge on any atom is 0.267 e. The van der Waals surface area contributed by atoms with Gasteiger partial charge in [-0.25, -0.2) is 0 Å². The Balaban J connectivity index is 2.47. The van der Waals surface area contributed by atoms with Gasteiger partial charge in [0.25, 0.3) is 5.91 Å². The van der Waals surface area contributed by atoms with Crippen molar-refractivity contribution in [3.63, 3.8) is 0 Å². The molecule has 1 aromatic rings. The summed E-state index contributed by atoms with van der Waals surface area (Å²) >= 11 is 5.07. The molecule has 20 heavy (non-hydrogen) atoms. The zero-order valence-electron chi connectivity index (χ0n) is 11.8. The fourth-order valence-corrected chi connectivity index (χ4v) is 2.39. The summed E-state index contributed by atoms with van der Waals surface area (Å²) in [5, 5.41) is 11.7. The molecule has 2 rings (SSSR count). The van der Waals surface area contributed by atoms with Crippen molar-refractivity contribution >= 4 is 28.7 Å². The predicted molar refractivity (Wildman–Crippen MR) is 83.0 cm³/mol. The first-order chi connectivity index (χ1) is 9.32. The van der Waals surface area contributed by atoms with Crippen molar-refractivity contribution in [2.24, 2.45) is 0 Å². The molecule has 102 valence electrons. The summed E-state index contributed by atoms with van der Waals surface area (Å²) in [6.07, 6.45) is 0.429. The number of carbonyl (C=O) groups is 1. The van der Waals surface area contributed by atoms with Crippen molar-refractivity contribution in [3.8, 4) is 6.07 Å². The summed E-state index contributed by atoms with van der Waals surface area (Å²) in [5.41, 5.74) is 3.03. The lowest BCUT2D eigenvalue weighted by Gasteiger charge is -2.21. The molecule has 0 aromatic heterocycles. The smallest absolute Gasteiger partial charge is 0.267 e. The Morgan fingerprint density at radius 3 is 2.35 bits per heavy atom. The molecule has 0 atom stereocenters. The van der Waals surface area contributed by atoms with Crippen molar-refractivity contribution in [2.45, 2.75) is 32.6 Å². The van der Waals surface area contributed by atoms with Crippen LogP contribution >= 0.6 is 12.2 Å². The molecule has 1 heterocycles. The van der Waals surface area contributed by atoms with E-state index in [9.17, 15) is 4.79 Å². The van der Waals surface area contributed by atoms with Gasteiger partial charge in [0.1, 0.15) is 11.6 Å². The Morgan fingerprint density at radius 1 is 1.25 bits per heavy atom. The van der Waals surface area contributed by atoms with E-state index < -0.39 is 5.91 Å². The number of carbonyl (C=O) groups excluding carboxylic acids is 1. The number of hydrogen-bond acceptors (Lipinski definition) is 3. The molecule has 1 amide bonds. The van der Waals surface area contributed by atoms with E-state index in [0.717, 1.165) is 5.56 Å². The molecular formula is C16H16N2OS. The molecule has 1 aromatic carbocycles. The minimum atomic E-state index is -0.404. The molecule has 0 aliphatic carbocycles. The van der Waals surface area contributed by atoms with Crippen LogP contribution in [0.4, 0.5) is 0 Å². The van der Waals surface area contributed by atoms with Crippen LogP contribution in [-0.4, -0.2) is 10.9 Å². The van der Waals surface area contributed by atoms with E-state index in [1.165, 1.54) is 5.56 Å². The Bertz CT molecular complexity index is 643. The van der Waals surface area contributed by atoms with Crippen LogP contribution in [0.15, 0.2) is 29.8 Å². The molecule has 0 radical (unpaired) electrons. The second kappa shape index (κ2) is 5.18. The quantitative estimate of drug-likeness (QED) is 0.806. The Kier molecular flexibility index (Phi) is 3.74. The third-order valence-electron chi connectivity index (χ3n) is 3.33. The molecular weight excluding hydrogens is 268 g/mol. The second-order valence-corrected chi connectivity index (χ2v) is 6.34. The van der Waals surface area contributed by atoms with Crippen molar-refractivity contribution < 1.29 is 4.79 Å². The Hall–Kier alpha value is -1.99. The molecule has 3 nitrogen and oxygen atoms in total. The van der Waals surface area contributed by atoms with Gasteiger partial charge in [0.05, 0.1) is 4.99 Å². The highest BCUT2D eigenvalue weighted by atomic mass is 32.1. The van der Waals surface area contributed by atoms with Gasteiger partial charge in [0.15, 0.2) is 0 Å². The van der Waals surface area contributed by atoms with E-state index in [0.29, 0.717) is 17.0 Å². The van der Waals surface area contributed by atoms with E-state index in [-0.39, 0.29) is 11.0 Å². The maximum absolute atomic E-state index is 11.8. The van der Waals surface area contributed by atoms with E-state index in [1.54, 1.807) is 0 Å². The average Bonchev–Trinajstić information content (AvgIpc) is 2.37. The van der Waals surface area contributed by atoms with Crippen LogP contribution < -0.4 is 5.32 Å². The largest absolute Gasteiger partial charge is 0.315 e. The molecule has 0 bridgehead atoms. The normalized spacial score (nSPS) is 15.9. The van der Waals surface area contributed by atoms with Gasteiger partial charge in [-0.05, 0) is 22.1 Å². The summed E-state index contributed by atoms with van der Waals surface area (Å²) in [7, 11) is 0. The Labute approximate surface area is 124 Å². The second-order valence-electron chi connectivity index (χ2n) is 5.85. The van der Waals surface area contributed by atoms with Gasteiger partial charge in [-0.3, -0.25) is 4.79 Å². The zero-order chi connectivity index (χ0) is 14.9. The lowest BCUT2D eigenvalue weighted by molar-refractivity contribution is -0.115. The van der Waals surface area contributed by atoms with Crippen molar-refractivity contribution in [2.75, 3.05) is 0 Å². The summed E-state index contributed by atoms with van der Waals surface area (Å²) in [6, 6.07) is 9.95. The fourth-order valence-electron chi connectivity index (χ4n) is 2.16. The highest BCUT2D eigenvalue weighted by Crippen LogP contribution is 2.28. The first-order valence-corrected chi connectivity index (χ1v) is 6.82. The standard InChI is InChI=1S/C16H16N2OS/c1-16(2,3)11-6-4-10(5-7-11)12-8-14(20)18-15(19)13(12)9-17/h4-7H,8H2,1-3H3,(H,18,19,20). The molecule has 0 spiro atoms. The number of nitriles is 1. The van der Waals surface area contributed by atoms with Gasteiger partial charge in [-0.15, -0.1) is 0 Å². The summed E-state index contributed by atoms with van der Waals surface area (Å²) in [4.78, 5) is 12.2. The van der Waals surface area contributed by atoms with Crippen LogP contribution in [0.2, 0.25) is 0 Å². The molecule has 0 unspecified atom stereocenters. The highest BCUT2D eigenvalue weighted by molar-refractivity contribution is 7.80. The van der Waals surface area contributed by atoms with Crippen molar-refractivity contribution in [1.29, 1.82) is 5.26 Å². The lowest BCUT2D eigenvalue weighted by atomic mass is 9.85. The summed E-state index contributed by atoms with van der Waals surface area (Å²) in [5.74, 6) is -0.404. The van der Waals surface area contributed by atoms with E-state index in [2.05, 4.69) is 26.1 Å². The minimum Gasteiger partial charge on any atom is -0.315 e. The van der Waals surface area contributed by atoms with Crippen LogP contribution in [0.5, 0.6) is 0 Å². The topological polar surface area (TPSA) is 52.9 Å². The van der Waals surface area contributed by atoms with Crippen LogP contribution in [0, 0.1) is 11.3 Å². The molecule has 1 N–H and O–H groups in total. The van der Waals surface area contributed by atoms with Crippen molar-refractivity contribution in [1.82, 2.24) is 5.32 Å². The van der Waals surface area contributed by atoms with E-state index in [1.807, 2.05) is 30.3 Å². The first kappa shape index (κ1) is 14.4. The van der Waals surface area contributed by atoms with E-state index in [4.69, 9.17) is 17.5 Å². The average molecular weight is 284 g/mol. The van der Waals surface area contributed by atoms with Gasteiger partial charge in [0, 0.05) is 6.42 Å². The lowest BCUT2D eigenvalue weighted by Crippen LogP contribution is -2.34. The van der Waals surface area contributed by atoms with Crippen LogP contribution in [-0.2, 0) is 10.2 Å². The van der Waals surface area contributed by atoms with Crippen molar-refractivity contribution in [3.05, 3.63) is 41.0 Å². The monoisotopic (exact) mass is 284 g/mol. The number of nitrogens with zero attached hydrogens (tertiary/aromatic N) is 1. The molecule has 0 saturated heterocycles. The van der Waals surface area contributed by atoms with Crippen LogP contribution in [0.3, 0.4) is 0 Å². The third kappa shape index (κ3) is 2.78. The Morgan fingerprint density at radius 2 is 1.85 bits per heavy atom. The van der Waals surface area contributed by atoms with Crippen LogP contribution in [0.1, 0.15) is 38.3 Å². The minimum absolute atomic E-state index is 0.0736. The maximum atomic E-state index is 11.8. The van der Waals surface area contributed by atoms with E-state index >= 15 is 0 Å².